The molecule has 0 spiro atoms. The molecule has 12 nitrogen and oxygen atoms in total. The van der Waals surface area contributed by atoms with Gasteiger partial charge >= 0.3 is 0 Å². The molecule has 5 aromatic rings. The molecular formula is C33H40FN9O3Si. The van der Waals surface area contributed by atoms with E-state index in [0.717, 1.165) is 36.2 Å². The number of rotatable bonds is 7. The first kappa shape index (κ1) is 31.2. The summed E-state index contributed by atoms with van der Waals surface area (Å²) in [7, 11) is -0.755. The van der Waals surface area contributed by atoms with Gasteiger partial charge in [-0.1, -0.05) is 26.8 Å². The lowest BCUT2D eigenvalue weighted by Gasteiger charge is -2.39. The average Bonchev–Trinajstić information content (AvgIpc) is 3.67. The van der Waals surface area contributed by atoms with Crippen molar-refractivity contribution in [2.75, 3.05) is 29.0 Å². The van der Waals surface area contributed by atoms with Crippen LogP contribution in [0.2, 0.25) is 18.1 Å². The van der Waals surface area contributed by atoms with Gasteiger partial charge in [-0.15, -0.1) is 0 Å². The van der Waals surface area contributed by atoms with Crippen LogP contribution in [-0.4, -0.2) is 75.0 Å². The molecule has 0 unspecified atom stereocenters. The van der Waals surface area contributed by atoms with Gasteiger partial charge in [0.05, 0.1) is 16.6 Å². The third-order valence-electron chi connectivity index (χ3n) is 9.69. The third-order valence-corrected chi connectivity index (χ3v) is 14.2. The number of fused-ring (bicyclic) bond motifs is 2. The average molecular weight is 658 g/mol. The van der Waals surface area contributed by atoms with Crippen LogP contribution in [0.1, 0.15) is 33.4 Å². The lowest BCUT2D eigenvalue weighted by Crippen LogP contribution is -2.50. The summed E-state index contributed by atoms with van der Waals surface area (Å²) in [5.41, 5.74) is 9.24. The van der Waals surface area contributed by atoms with E-state index in [4.69, 9.17) is 19.9 Å². The standard InChI is InChI=1S/C33H40FN9O3Si/c1-33(2,3)47(5,6)46-27-26(34)32(43-17-21(22-12-15-41(4)40-22)25-29(35)36-18-37-30(25)43)45-28(27)31(44)38-20-10-8-19-9-11-24(39-23(19)16-20)42-13-7-14-42/h8-12,15-18,26-28,32H,7,13-14H2,1-6H3,(H,38,44)(H2,35,36,37)/t26-,27-,28-,32+/m0/s1. The highest BCUT2D eigenvalue weighted by Crippen LogP contribution is 2.44. The van der Waals surface area contributed by atoms with E-state index in [9.17, 15) is 4.79 Å². The summed E-state index contributed by atoms with van der Waals surface area (Å²) in [6.07, 6.45) is 0.627. The monoisotopic (exact) mass is 657 g/mol. The van der Waals surface area contributed by atoms with Crippen molar-refractivity contribution in [3.63, 3.8) is 0 Å². The number of halogens is 1. The number of aromatic nitrogens is 6. The van der Waals surface area contributed by atoms with Gasteiger partial charge in [0.2, 0.25) is 0 Å². The summed E-state index contributed by atoms with van der Waals surface area (Å²) in [5, 5.41) is 8.73. The number of nitrogens with one attached hydrogen (secondary N) is 1. The number of nitrogen functional groups attached to an aromatic ring is 1. The maximum Gasteiger partial charge on any atom is 0.256 e. The van der Waals surface area contributed by atoms with E-state index in [0.29, 0.717) is 28.0 Å². The van der Waals surface area contributed by atoms with Gasteiger partial charge < -0.3 is 29.7 Å². The molecule has 14 heteroatoms. The molecule has 2 aliphatic rings. The Kier molecular flexibility index (Phi) is 7.56. The molecule has 0 aliphatic carbocycles. The van der Waals surface area contributed by atoms with Crippen LogP contribution in [0, 0.1) is 0 Å². The predicted octanol–water partition coefficient (Wildman–Crippen LogP) is 5.44. The summed E-state index contributed by atoms with van der Waals surface area (Å²) in [4.78, 5) is 29.7. The van der Waals surface area contributed by atoms with Gasteiger partial charge in [-0.25, -0.2) is 19.3 Å². The van der Waals surface area contributed by atoms with Gasteiger partial charge in [-0.2, -0.15) is 5.10 Å². The molecule has 1 amide bonds. The smallest absolute Gasteiger partial charge is 0.256 e. The van der Waals surface area contributed by atoms with Crippen molar-refractivity contribution in [3.05, 3.63) is 55.1 Å². The number of carbonyl (C=O) groups is 1. The number of aryl methyl sites for hydroxylation is 1. The highest BCUT2D eigenvalue weighted by Gasteiger charge is 2.54. The van der Waals surface area contributed by atoms with Crippen LogP contribution in [0.3, 0.4) is 0 Å². The fourth-order valence-electron chi connectivity index (χ4n) is 5.88. The maximum atomic E-state index is 16.9. The lowest BCUT2D eigenvalue weighted by molar-refractivity contribution is -0.131. The summed E-state index contributed by atoms with van der Waals surface area (Å²) < 4.78 is 33.1. The van der Waals surface area contributed by atoms with E-state index in [-0.39, 0.29) is 10.9 Å². The number of carbonyl (C=O) groups excluding carboxylic acids is 1. The zero-order valence-corrected chi connectivity index (χ0v) is 28.4. The maximum absolute atomic E-state index is 16.9. The number of amides is 1. The molecule has 1 aromatic carbocycles. The van der Waals surface area contributed by atoms with Crippen LogP contribution >= 0.6 is 0 Å². The molecule has 3 N–H and O–H groups in total. The highest BCUT2D eigenvalue weighted by molar-refractivity contribution is 6.74. The second kappa shape index (κ2) is 11.4. The van der Waals surface area contributed by atoms with Crippen molar-refractivity contribution in [1.29, 1.82) is 0 Å². The minimum atomic E-state index is -2.56. The van der Waals surface area contributed by atoms with Crippen LogP contribution in [-0.2, 0) is 21.0 Å². The molecule has 0 radical (unpaired) electrons. The largest absolute Gasteiger partial charge is 0.408 e. The van der Waals surface area contributed by atoms with Gasteiger partial charge in [0.15, 0.2) is 26.8 Å². The molecule has 246 valence electrons. The number of benzene rings is 1. The normalized spacial score (nSPS) is 21.8. The fraction of sp³-hybridized carbons (Fsp3) is 0.424. The van der Waals surface area contributed by atoms with Gasteiger partial charge in [-0.3, -0.25) is 9.48 Å². The molecule has 2 aliphatic heterocycles. The zero-order valence-electron chi connectivity index (χ0n) is 27.4. The van der Waals surface area contributed by atoms with Gasteiger partial charge in [0, 0.05) is 49.2 Å². The van der Waals surface area contributed by atoms with Crippen molar-refractivity contribution < 1.29 is 18.3 Å². The van der Waals surface area contributed by atoms with E-state index >= 15 is 4.39 Å². The minimum Gasteiger partial charge on any atom is -0.408 e. The van der Waals surface area contributed by atoms with E-state index in [1.807, 2.05) is 56.5 Å². The van der Waals surface area contributed by atoms with Gasteiger partial charge in [0.1, 0.15) is 29.7 Å². The number of pyridine rings is 1. The molecular weight excluding hydrogens is 618 g/mol. The van der Waals surface area contributed by atoms with Gasteiger partial charge in [0.25, 0.3) is 5.91 Å². The van der Waals surface area contributed by atoms with E-state index in [1.54, 1.807) is 21.6 Å². The zero-order chi connectivity index (χ0) is 33.2. The SMILES string of the molecule is Cn1ccc(-c2cn([C@@H]3O[C@H](C(=O)Nc4ccc5ccc(N6CCC6)nc5c4)[C@@H](O[Si](C)(C)C(C)(C)C)[C@@H]3F)c3ncnc(N)c23)n1. The highest BCUT2D eigenvalue weighted by atomic mass is 28.4. The van der Waals surface area contributed by atoms with Crippen LogP contribution < -0.4 is 16.0 Å². The summed E-state index contributed by atoms with van der Waals surface area (Å²) in [6.45, 7) is 12.2. The van der Waals surface area contributed by atoms with Crippen molar-refractivity contribution >= 4 is 53.5 Å². The number of alkyl halides is 1. The Hall–Kier alpha value is -4.40. The Morgan fingerprint density at radius 2 is 1.91 bits per heavy atom. The Balaban J connectivity index is 1.24. The van der Waals surface area contributed by atoms with Crippen molar-refractivity contribution in [1.82, 2.24) is 29.3 Å². The number of hydrogen-bond donors (Lipinski definition) is 2. The first-order valence-corrected chi connectivity index (χ1v) is 18.8. The second-order valence-electron chi connectivity index (χ2n) is 13.9. The van der Waals surface area contributed by atoms with Crippen LogP contribution in [0.4, 0.5) is 21.7 Å². The Bertz CT molecular complexity index is 1980. The molecule has 7 rings (SSSR count). The number of anilines is 3. The first-order chi connectivity index (χ1) is 22.3. The number of hydrogen-bond acceptors (Lipinski definition) is 9. The van der Waals surface area contributed by atoms with Crippen LogP contribution in [0.25, 0.3) is 33.2 Å². The number of nitrogens with two attached hydrogens (primary N) is 1. The molecule has 4 aromatic heterocycles. The quantitative estimate of drug-likeness (QED) is 0.219. The topological polar surface area (TPSA) is 138 Å². The third kappa shape index (κ3) is 5.53. The molecule has 2 fully saturated rings. The molecule has 0 bridgehead atoms. The molecule has 47 heavy (non-hydrogen) atoms. The van der Waals surface area contributed by atoms with E-state index < -0.39 is 38.8 Å². The molecule has 6 heterocycles. The minimum absolute atomic E-state index is 0.230. The van der Waals surface area contributed by atoms with Crippen molar-refractivity contribution in [3.8, 4) is 11.3 Å². The summed E-state index contributed by atoms with van der Waals surface area (Å²) in [6, 6.07) is 11.4. The molecule has 2 saturated heterocycles. The lowest BCUT2D eigenvalue weighted by atomic mass is 10.1. The Morgan fingerprint density at radius 1 is 1.15 bits per heavy atom. The Morgan fingerprint density at radius 3 is 2.60 bits per heavy atom. The van der Waals surface area contributed by atoms with Gasteiger partial charge in [-0.05, 0) is 54.9 Å². The first-order valence-electron chi connectivity index (χ1n) is 15.9. The van der Waals surface area contributed by atoms with Crippen molar-refractivity contribution in [2.24, 2.45) is 7.05 Å². The number of ether oxygens (including phenoxy) is 1. The Labute approximate surface area is 273 Å². The van der Waals surface area contributed by atoms with Crippen LogP contribution in [0.5, 0.6) is 0 Å². The fourth-order valence-corrected chi connectivity index (χ4v) is 7.17. The van der Waals surface area contributed by atoms with Crippen molar-refractivity contribution in [2.45, 2.75) is 69.9 Å². The predicted molar refractivity (Wildman–Crippen MR) is 182 cm³/mol. The summed E-state index contributed by atoms with van der Waals surface area (Å²) >= 11 is 0. The number of nitrogens with zero attached hydrogens (tertiary/aromatic N) is 7. The van der Waals surface area contributed by atoms with E-state index in [2.05, 4.69) is 46.1 Å². The second-order valence-corrected chi connectivity index (χ2v) is 18.7. The molecule has 0 saturated carbocycles. The van der Waals surface area contributed by atoms with Crippen LogP contribution in [0.15, 0.2) is 55.1 Å². The molecule has 4 atom stereocenters. The van der Waals surface area contributed by atoms with E-state index in [1.165, 1.54) is 6.33 Å². The summed E-state index contributed by atoms with van der Waals surface area (Å²) in [5.74, 6) is 0.631.